The molecule has 0 saturated heterocycles. The van der Waals surface area contributed by atoms with Gasteiger partial charge in [-0.15, -0.1) is 0 Å². The van der Waals surface area contributed by atoms with E-state index in [1.807, 2.05) is 48.5 Å². The topological polar surface area (TPSA) is 84.0 Å². The molecule has 1 aliphatic rings. The van der Waals surface area contributed by atoms with Crippen LogP contribution in [-0.4, -0.2) is 22.3 Å². The van der Waals surface area contributed by atoms with Gasteiger partial charge >= 0.3 is 0 Å². The Bertz CT molecular complexity index is 1020. The summed E-state index contributed by atoms with van der Waals surface area (Å²) in [5.41, 5.74) is 5.02. The van der Waals surface area contributed by atoms with Gasteiger partial charge in [-0.25, -0.2) is 4.98 Å². The van der Waals surface area contributed by atoms with Gasteiger partial charge in [0.2, 0.25) is 12.3 Å². The van der Waals surface area contributed by atoms with Crippen LogP contribution in [0.2, 0.25) is 0 Å². The minimum absolute atomic E-state index is 0.0186. The fourth-order valence-electron chi connectivity index (χ4n) is 3.81. The van der Waals surface area contributed by atoms with Crippen LogP contribution in [0.4, 0.5) is 11.5 Å². The summed E-state index contributed by atoms with van der Waals surface area (Å²) in [6.45, 7) is 0. The molecular weight excluding hydrogens is 364 g/mol. The van der Waals surface area contributed by atoms with Crippen molar-refractivity contribution in [3.05, 3.63) is 83.3 Å². The van der Waals surface area contributed by atoms with Gasteiger partial charge in [0.25, 0.3) is 0 Å². The lowest BCUT2D eigenvalue weighted by molar-refractivity contribution is -0.116. The van der Waals surface area contributed by atoms with Crippen molar-refractivity contribution >= 4 is 23.8 Å². The molecule has 0 fully saturated rings. The Labute approximate surface area is 169 Å². The lowest BCUT2D eigenvalue weighted by Crippen LogP contribution is -2.12. The molecule has 0 aliphatic heterocycles. The summed E-state index contributed by atoms with van der Waals surface area (Å²) in [5, 5.41) is 5.63. The van der Waals surface area contributed by atoms with Crippen LogP contribution in [0, 0.1) is 0 Å². The maximum Gasteiger partial charge on any atom is 0.224 e. The van der Waals surface area contributed by atoms with E-state index in [-0.39, 0.29) is 11.8 Å². The fourth-order valence-corrected chi connectivity index (χ4v) is 3.81. The van der Waals surface area contributed by atoms with Crippen LogP contribution in [0.15, 0.2) is 60.9 Å². The third-order valence-corrected chi connectivity index (χ3v) is 5.21. The second-order valence-corrected chi connectivity index (χ2v) is 7.17. The predicted octanol–water partition coefficient (Wildman–Crippen LogP) is 3.50. The van der Waals surface area contributed by atoms with Gasteiger partial charge in [0.05, 0.1) is 11.9 Å². The molecular formula is C23H22N4O2. The summed E-state index contributed by atoms with van der Waals surface area (Å²) in [4.78, 5) is 32.0. The van der Waals surface area contributed by atoms with Gasteiger partial charge in [-0.2, -0.15) is 0 Å². The lowest BCUT2D eigenvalue weighted by Gasteiger charge is -2.12. The molecule has 0 radical (unpaired) electrons. The molecule has 29 heavy (non-hydrogen) atoms. The normalized spacial score (nSPS) is 14.8. The highest BCUT2D eigenvalue weighted by Gasteiger charge is 2.26. The first-order chi connectivity index (χ1) is 14.2. The van der Waals surface area contributed by atoms with Gasteiger partial charge < -0.3 is 10.6 Å². The monoisotopic (exact) mass is 386 g/mol. The predicted molar refractivity (Wildman–Crippen MR) is 112 cm³/mol. The number of hydrogen-bond donors (Lipinski definition) is 2. The van der Waals surface area contributed by atoms with E-state index in [2.05, 4.69) is 20.6 Å². The summed E-state index contributed by atoms with van der Waals surface area (Å²) >= 11 is 0. The van der Waals surface area contributed by atoms with Crippen molar-refractivity contribution in [2.24, 2.45) is 0 Å². The van der Waals surface area contributed by atoms with Gasteiger partial charge in [-0.1, -0.05) is 36.4 Å². The van der Waals surface area contributed by atoms with Gasteiger partial charge in [-0.05, 0) is 54.0 Å². The SMILES string of the molecule is O=CNc1ncccc1C1Cc2cc(NC(=O)CCc3ccccc3)cnc2C1. The number of carbonyl (C=O) groups is 2. The summed E-state index contributed by atoms with van der Waals surface area (Å²) in [7, 11) is 0. The standard InChI is InChI=1S/C23H22N4O2/c28-15-26-23-20(7-4-10-24-23)17-11-18-12-19(14-25-21(18)13-17)27-22(29)9-8-16-5-2-1-3-6-16/h1-7,10,12,14-15,17H,8-9,11,13H2,(H,27,29)(H,24,26,28). The summed E-state index contributed by atoms with van der Waals surface area (Å²) in [6.07, 6.45) is 6.76. The number of amides is 2. The van der Waals surface area contributed by atoms with Crippen molar-refractivity contribution in [2.45, 2.75) is 31.6 Å². The summed E-state index contributed by atoms with van der Waals surface area (Å²) < 4.78 is 0. The van der Waals surface area contributed by atoms with Crippen molar-refractivity contribution in [3.8, 4) is 0 Å². The van der Waals surface area contributed by atoms with Crippen LogP contribution in [0.3, 0.4) is 0 Å². The van der Waals surface area contributed by atoms with E-state index >= 15 is 0 Å². The highest BCUT2D eigenvalue weighted by molar-refractivity contribution is 5.90. The number of aromatic nitrogens is 2. The first-order valence-electron chi connectivity index (χ1n) is 9.69. The second kappa shape index (κ2) is 8.65. The molecule has 2 amide bonds. The van der Waals surface area contributed by atoms with Gasteiger partial charge in [0, 0.05) is 18.3 Å². The van der Waals surface area contributed by atoms with Crippen LogP contribution in [0.25, 0.3) is 0 Å². The van der Waals surface area contributed by atoms with Crippen molar-refractivity contribution in [3.63, 3.8) is 0 Å². The van der Waals surface area contributed by atoms with Gasteiger partial charge in [-0.3, -0.25) is 14.6 Å². The van der Waals surface area contributed by atoms with Crippen molar-refractivity contribution in [1.29, 1.82) is 0 Å². The first-order valence-corrected chi connectivity index (χ1v) is 9.69. The number of benzene rings is 1. The molecule has 6 heteroatoms. The molecule has 3 aromatic rings. The van der Waals surface area contributed by atoms with Crippen molar-refractivity contribution in [2.75, 3.05) is 10.6 Å². The third kappa shape index (κ3) is 4.48. The number of anilines is 2. The third-order valence-electron chi connectivity index (χ3n) is 5.21. The fraction of sp³-hybridized carbons (Fsp3) is 0.217. The summed E-state index contributed by atoms with van der Waals surface area (Å²) in [5.74, 6) is 0.780. The first kappa shape index (κ1) is 18.8. The van der Waals surface area contributed by atoms with E-state index in [0.717, 1.165) is 40.9 Å². The molecule has 6 nitrogen and oxygen atoms in total. The molecule has 1 atom stereocenters. The van der Waals surface area contributed by atoms with E-state index in [1.54, 1.807) is 12.4 Å². The average Bonchev–Trinajstić information content (AvgIpc) is 3.17. The number of fused-ring (bicyclic) bond motifs is 1. The van der Waals surface area contributed by atoms with Gasteiger partial charge in [0.1, 0.15) is 5.82 Å². The maximum absolute atomic E-state index is 12.3. The Kier molecular flexibility index (Phi) is 5.61. The molecule has 0 saturated carbocycles. The second-order valence-electron chi connectivity index (χ2n) is 7.17. The Hall–Kier alpha value is -3.54. The Balaban J connectivity index is 1.40. The van der Waals surface area contributed by atoms with Crippen LogP contribution in [-0.2, 0) is 28.9 Å². The largest absolute Gasteiger partial charge is 0.325 e. The van der Waals surface area contributed by atoms with E-state index in [4.69, 9.17) is 0 Å². The molecule has 2 aromatic heterocycles. The molecule has 4 rings (SSSR count). The van der Waals surface area contributed by atoms with E-state index in [0.29, 0.717) is 25.1 Å². The Morgan fingerprint density at radius 1 is 1.10 bits per heavy atom. The molecule has 1 aliphatic carbocycles. The number of pyridine rings is 2. The highest BCUT2D eigenvalue weighted by atomic mass is 16.1. The molecule has 2 heterocycles. The molecule has 2 N–H and O–H groups in total. The highest BCUT2D eigenvalue weighted by Crippen LogP contribution is 2.36. The zero-order valence-electron chi connectivity index (χ0n) is 16.0. The zero-order valence-corrected chi connectivity index (χ0v) is 16.0. The number of nitrogens with zero attached hydrogens (tertiary/aromatic N) is 2. The molecule has 0 bridgehead atoms. The zero-order chi connectivity index (χ0) is 20.1. The number of nitrogens with one attached hydrogen (secondary N) is 2. The summed E-state index contributed by atoms with van der Waals surface area (Å²) in [6, 6.07) is 15.8. The Morgan fingerprint density at radius 3 is 2.79 bits per heavy atom. The molecule has 0 spiro atoms. The van der Waals surface area contributed by atoms with Crippen LogP contribution in [0.1, 0.15) is 34.7 Å². The van der Waals surface area contributed by atoms with Crippen molar-refractivity contribution in [1.82, 2.24) is 9.97 Å². The van der Waals surface area contributed by atoms with Crippen LogP contribution >= 0.6 is 0 Å². The van der Waals surface area contributed by atoms with Crippen LogP contribution in [0.5, 0.6) is 0 Å². The minimum atomic E-state index is -0.0186. The number of hydrogen-bond acceptors (Lipinski definition) is 4. The average molecular weight is 386 g/mol. The van der Waals surface area contributed by atoms with E-state index < -0.39 is 0 Å². The number of aryl methyl sites for hydroxylation is 1. The van der Waals surface area contributed by atoms with E-state index in [1.165, 1.54) is 0 Å². The van der Waals surface area contributed by atoms with Crippen LogP contribution < -0.4 is 10.6 Å². The molecule has 1 unspecified atom stereocenters. The smallest absolute Gasteiger partial charge is 0.224 e. The molecule has 146 valence electrons. The lowest BCUT2D eigenvalue weighted by atomic mass is 9.97. The van der Waals surface area contributed by atoms with Crippen molar-refractivity contribution < 1.29 is 9.59 Å². The number of carbonyl (C=O) groups excluding carboxylic acids is 2. The maximum atomic E-state index is 12.3. The number of rotatable bonds is 7. The minimum Gasteiger partial charge on any atom is -0.325 e. The van der Waals surface area contributed by atoms with Gasteiger partial charge in [0.15, 0.2) is 0 Å². The Morgan fingerprint density at radius 2 is 1.97 bits per heavy atom. The quantitative estimate of drug-likeness (QED) is 0.609. The van der Waals surface area contributed by atoms with E-state index in [9.17, 15) is 9.59 Å². The molecule has 1 aromatic carbocycles.